The van der Waals surface area contributed by atoms with Gasteiger partial charge in [-0.3, -0.25) is 14.5 Å². The predicted molar refractivity (Wildman–Crippen MR) is 82.9 cm³/mol. The Labute approximate surface area is 128 Å². The molecule has 1 aliphatic rings. The average molecular weight is 298 g/mol. The Morgan fingerprint density at radius 3 is 2.81 bits per heavy atom. The number of carbonyl (C=O) groups excluding carboxylic acids is 2. The van der Waals surface area contributed by atoms with Crippen molar-refractivity contribution in [3.8, 4) is 0 Å². The molecule has 1 saturated heterocycles. The first-order valence-corrected chi connectivity index (χ1v) is 8.16. The van der Waals surface area contributed by atoms with E-state index in [1.54, 1.807) is 0 Å². The lowest BCUT2D eigenvalue weighted by atomic mass is 9.98. The summed E-state index contributed by atoms with van der Waals surface area (Å²) in [6.45, 7) is 6.12. The predicted octanol–water partition coefficient (Wildman–Crippen LogP) is 1.96. The van der Waals surface area contributed by atoms with Crippen LogP contribution in [0.5, 0.6) is 0 Å². The summed E-state index contributed by atoms with van der Waals surface area (Å²) in [6, 6.07) is 0.227. The maximum absolute atomic E-state index is 12.0. The Balaban J connectivity index is 2.28. The molecule has 1 fully saturated rings. The summed E-state index contributed by atoms with van der Waals surface area (Å²) in [4.78, 5) is 25.7. The number of carbonyl (C=O) groups is 2. The second kappa shape index (κ2) is 9.77. The molecule has 0 bridgehead atoms. The molecule has 0 spiro atoms. The van der Waals surface area contributed by atoms with Crippen LogP contribution in [-0.2, 0) is 14.3 Å². The van der Waals surface area contributed by atoms with Gasteiger partial charge in [-0.15, -0.1) is 0 Å². The maximum atomic E-state index is 12.0. The second-order valence-corrected chi connectivity index (χ2v) is 6.06. The van der Waals surface area contributed by atoms with Crippen LogP contribution in [-0.4, -0.2) is 49.6 Å². The fourth-order valence-corrected chi connectivity index (χ4v) is 2.85. The Morgan fingerprint density at radius 1 is 1.38 bits per heavy atom. The molecule has 2 unspecified atom stereocenters. The number of hydrogen-bond donors (Lipinski definition) is 1. The molecule has 122 valence electrons. The van der Waals surface area contributed by atoms with Crippen molar-refractivity contribution in [2.24, 2.45) is 5.92 Å². The molecule has 21 heavy (non-hydrogen) atoms. The summed E-state index contributed by atoms with van der Waals surface area (Å²) in [5.74, 6) is -0.184. The van der Waals surface area contributed by atoms with E-state index in [4.69, 9.17) is 4.74 Å². The van der Waals surface area contributed by atoms with E-state index in [0.717, 1.165) is 32.2 Å². The third kappa shape index (κ3) is 6.93. The lowest BCUT2D eigenvalue weighted by Crippen LogP contribution is -2.46. The summed E-state index contributed by atoms with van der Waals surface area (Å²) < 4.78 is 4.80. The van der Waals surface area contributed by atoms with Crippen LogP contribution < -0.4 is 5.32 Å². The summed E-state index contributed by atoms with van der Waals surface area (Å²) >= 11 is 0. The van der Waals surface area contributed by atoms with Crippen LogP contribution >= 0.6 is 0 Å². The number of ether oxygens (including phenoxy) is 1. The summed E-state index contributed by atoms with van der Waals surface area (Å²) in [5, 5.41) is 3.05. The minimum absolute atomic E-state index is 0.0597. The summed E-state index contributed by atoms with van der Waals surface area (Å²) in [6.07, 6.45) is 6.41. The molecule has 2 atom stereocenters. The van der Waals surface area contributed by atoms with Crippen LogP contribution in [0.15, 0.2) is 0 Å². The molecule has 0 aromatic rings. The van der Waals surface area contributed by atoms with Gasteiger partial charge in [0.2, 0.25) is 5.91 Å². The molecule has 1 aliphatic heterocycles. The molecule has 0 aromatic heterocycles. The number of nitrogens with one attached hydrogen (secondary N) is 1. The van der Waals surface area contributed by atoms with Crippen molar-refractivity contribution in [1.82, 2.24) is 10.2 Å². The molecule has 0 saturated carbocycles. The highest BCUT2D eigenvalue weighted by Crippen LogP contribution is 2.17. The first kappa shape index (κ1) is 18.0. The lowest BCUT2D eigenvalue weighted by molar-refractivity contribution is -0.147. The molecule has 0 aliphatic carbocycles. The van der Waals surface area contributed by atoms with Crippen LogP contribution in [0.2, 0.25) is 0 Å². The zero-order valence-corrected chi connectivity index (χ0v) is 13.7. The zero-order chi connectivity index (χ0) is 15.7. The third-order valence-electron chi connectivity index (χ3n) is 4.06. The topological polar surface area (TPSA) is 58.6 Å². The van der Waals surface area contributed by atoms with Gasteiger partial charge in [0.25, 0.3) is 0 Å². The van der Waals surface area contributed by atoms with Crippen molar-refractivity contribution in [3.05, 3.63) is 0 Å². The van der Waals surface area contributed by atoms with Gasteiger partial charge < -0.3 is 10.1 Å². The Morgan fingerprint density at radius 2 is 2.14 bits per heavy atom. The zero-order valence-electron chi connectivity index (χ0n) is 13.7. The third-order valence-corrected chi connectivity index (χ3v) is 4.06. The van der Waals surface area contributed by atoms with Crippen molar-refractivity contribution >= 4 is 11.9 Å². The summed E-state index contributed by atoms with van der Waals surface area (Å²) in [7, 11) is 1.42. The molecular weight excluding hydrogens is 268 g/mol. The number of unbranched alkanes of at least 4 members (excludes halogenated alkanes) is 2. The van der Waals surface area contributed by atoms with E-state index in [9.17, 15) is 9.59 Å². The first-order valence-electron chi connectivity index (χ1n) is 8.16. The van der Waals surface area contributed by atoms with Gasteiger partial charge in [-0.2, -0.15) is 0 Å². The first-order chi connectivity index (χ1) is 10.1. The molecule has 0 aromatic carbocycles. The molecule has 1 N–H and O–H groups in total. The van der Waals surface area contributed by atoms with Crippen molar-refractivity contribution in [3.63, 3.8) is 0 Å². The highest BCUT2D eigenvalue weighted by molar-refractivity contribution is 5.78. The van der Waals surface area contributed by atoms with Gasteiger partial charge in [0.1, 0.15) is 0 Å². The van der Waals surface area contributed by atoms with E-state index in [0.29, 0.717) is 13.1 Å². The van der Waals surface area contributed by atoms with Crippen molar-refractivity contribution in [2.75, 3.05) is 26.7 Å². The fraction of sp³-hybridized carbons (Fsp3) is 0.875. The van der Waals surface area contributed by atoms with Crippen molar-refractivity contribution in [1.29, 1.82) is 0 Å². The van der Waals surface area contributed by atoms with E-state index in [1.807, 2.05) is 0 Å². The molecule has 0 radical (unpaired) electrons. The molecule has 1 amide bonds. The number of amides is 1. The van der Waals surface area contributed by atoms with Crippen molar-refractivity contribution < 1.29 is 14.3 Å². The second-order valence-electron chi connectivity index (χ2n) is 6.06. The minimum Gasteiger partial charge on any atom is -0.469 e. The number of piperidine rings is 1. The standard InChI is InChI=1S/C16H30N2O3/c1-4-5-6-8-13(2)17-15(19)12-18-10-7-9-14(11-18)16(20)21-3/h13-14H,4-12H2,1-3H3,(H,17,19). The molecule has 1 rings (SSSR count). The van der Waals surface area contributed by atoms with Crippen LogP contribution in [0, 0.1) is 5.92 Å². The van der Waals surface area contributed by atoms with Gasteiger partial charge in [0, 0.05) is 12.6 Å². The minimum atomic E-state index is -0.159. The average Bonchev–Trinajstić information content (AvgIpc) is 2.46. The van der Waals surface area contributed by atoms with Gasteiger partial charge in [0.15, 0.2) is 0 Å². The highest BCUT2D eigenvalue weighted by atomic mass is 16.5. The number of nitrogens with zero attached hydrogens (tertiary/aromatic N) is 1. The van der Waals surface area contributed by atoms with E-state index < -0.39 is 0 Å². The maximum Gasteiger partial charge on any atom is 0.309 e. The lowest BCUT2D eigenvalue weighted by Gasteiger charge is -2.31. The largest absolute Gasteiger partial charge is 0.469 e. The number of likely N-dealkylation sites (tertiary alicyclic amines) is 1. The highest BCUT2D eigenvalue weighted by Gasteiger charge is 2.27. The van der Waals surface area contributed by atoms with E-state index in [-0.39, 0.29) is 23.8 Å². The van der Waals surface area contributed by atoms with E-state index in [1.165, 1.54) is 20.0 Å². The fourth-order valence-electron chi connectivity index (χ4n) is 2.85. The molecule has 5 nitrogen and oxygen atoms in total. The Bertz CT molecular complexity index is 333. The SMILES string of the molecule is CCCCCC(C)NC(=O)CN1CCCC(C(=O)OC)C1. The number of rotatable bonds is 8. The van der Waals surface area contributed by atoms with Crippen LogP contribution in [0.3, 0.4) is 0 Å². The van der Waals surface area contributed by atoms with Gasteiger partial charge >= 0.3 is 5.97 Å². The number of methoxy groups -OCH3 is 1. The van der Waals surface area contributed by atoms with Crippen LogP contribution in [0.1, 0.15) is 52.4 Å². The monoisotopic (exact) mass is 298 g/mol. The number of esters is 1. The quantitative estimate of drug-likeness (QED) is 0.550. The van der Waals surface area contributed by atoms with Crippen LogP contribution in [0.4, 0.5) is 0 Å². The van der Waals surface area contributed by atoms with E-state index >= 15 is 0 Å². The molecular formula is C16H30N2O3. The van der Waals surface area contributed by atoms with Crippen molar-refractivity contribution in [2.45, 2.75) is 58.4 Å². The van der Waals surface area contributed by atoms with Gasteiger partial charge in [-0.1, -0.05) is 26.2 Å². The van der Waals surface area contributed by atoms with Gasteiger partial charge in [-0.05, 0) is 32.7 Å². The van der Waals surface area contributed by atoms with Gasteiger partial charge in [-0.25, -0.2) is 0 Å². The van der Waals surface area contributed by atoms with E-state index in [2.05, 4.69) is 24.1 Å². The van der Waals surface area contributed by atoms with Gasteiger partial charge in [0.05, 0.1) is 19.6 Å². The smallest absolute Gasteiger partial charge is 0.309 e. The Kier molecular flexibility index (Phi) is 8.35. The molecule has 1 heterocycles. The summed E-state index contributed by atoms with van der Waals surface area (Å²) in [5.41, 5.74) is 0. The Hall–Kier alpha value is -1.10. The van der Waals surface area contributed by atoms with Crippen LogP contribution in [0.25, 0.3) is 0 Å². The molecule has 5 heteroatoms. The normalized spacial score (nSPS) is 20.8. The number of hydrogen-bond acceptors (Lipinski definition) is 4.